The Morgan fingerprint density at radius 2 is 1.69 bits per heavy atom. The number of ether oxygens (including phenoxy) is 2. The van der Waals surface area contributed by atoms with Crippen molar-refractivity contribution in [3.63, 3.8) is 0 Å². The third kappa shape index (κ3) is 4.28. The van der Waals surface area contributed by atoms with Crippen molar-refractivity contribution in [1.29, 1.82) is 0 Å². The first-order valence-corrected chi connectivity index (χ1v) is 13.0. The summed E-state index contributed by atoms with van der Waals surface area (Å²) in [4.78, 5) is 25.8. The van der Waals surface area contributed by atoms with Crippen LogP contribution in [-0.4, -0.2) is 53.9 Å². The number of Topliss-reactive ketones (excluding diaryl/α,β-unsaturated/α-hetero) is 1. The topological polar surface area (TPSA) is 99.8 Å². The molecule has 3 aromatic rings. The molecule has 0 spiro atoms. The monoisotopic (exact) mass is 497 g/mol. The summed E-state index contributed by atoms with van der Waals surface area (Å²) in [5.74, 6) is 1.05. The van der Waals surface area contributed by atoms with Crippen molar-refractivity contribution in [3.05, 3.63) is 69.9 Å². The molecule has 0 N–H and O–H groups in total. The quantitative estimate of drug-likeness (QED) is 0.486. The summed E-state index contributed by atoms with van der Waals surface area (Å²) in [6.45, 7) is 5.40. The van der Waals surface area contributed by atoms with Gasteiger partial charge >= 0.3 is 0 Å². The van der Waals surface area contributed by atoms with Crippen molar-refractivity contribution in [2.24, 2.45) is 0 Å². The number of nitrogens with zero attached hydrogens (tertiary/aromatic N) is 3. The lowest BCUT2D eigenvalue weighted by Gasteiger charge is -2.20. The van der Waals surface area contributed by atoms with E-state index in [-0.39, 0.29) is 17.2 Å². The van der Waals surface area contributed by atoms with Crippen LogP contribution in [0.25, 0.3) is 5.69 Å². The van der Waals surface area contributed by atoms with Crippen LogP contribution in [0.15, 0.2) is 52.3 Å². The van der Waals surface area contributed by atoms with Gasteiger partial charge in [0, 0.05) is 54.1 Å². The highest BCUT2D eigenvalue weighted by Crippen LogP contribution is 2.33. The Bertz CT molecular complexity index is 1460. The predicted octanol–water partition coefficient (Wildman–Crippen LogP) is 2.69. The van der Waals surface area contributed by atoms with E-state index in [1.165, 1.54) is 27.2 Å². The smallest absolute Gasteiger partial charge is 0.251 e. The SMILES string of the molecule is Cc1cc(C(=O)Cn2cc(S(=O)(=O)N3CCCC3)ccc2=O)c(C)n1-c1ccc2c(c1)OCCO2. The zero-order valence-corrected chi connectivity index (χ0v) is 20.5. The highest BCUT2D eigenvalue weighted by atomic mass is 32.2. The molecule has 4 heterocycles. The molecular formula is C25H27N3O6S. The number of hydrogen-bond donors (Lipinski definition) is 0. The van der Waals surface area contributed by atoms with E-state index in [1.807, 2.05) is 36.6 Å². The maximum absolute atomic E-state index is 13.3. The normalized spacial score (nSPS) is 15.9. The van der Waals surface area contributed by atoms with E-state index in [4.69, 9.17) is 9.47 Å². The molecule has 1 aromatic carbocycles. The second kappa shape index (κ2) is 9.01. The zero-order valence-electron chi connectivity index (χ0n) is 19.7. The molecule has 1 fully saturated rings. The third-order valence-electron chi connectivity index (χ3n) is 6.49. The molecule has 0 unspecified atom stereocenters. The summed E-state index contributed by atoms with van der Waals surface area (Å²) < 4.78 is 41.7. The van der Waals surface area contributed by atoms with Gasteiger partial charge in [-0.3, -0.25) is 9.59 Å². The van der Waals surface area contributed by atoms with Crippen LogP contribution in [0.3, 0.4) is 0 Å². The molecule has 2 aliphatic rings. The number of fused-ring (bicyclic) bond motifs is 1. The fourth-order valence-electron chi connectivity index (χ4n) is 4.72. The maximum atomic E-state index is 13.3. The van der Waals surface area contributed by atoms with Crippen molar-refractivity contribution >= 4 is 15.8 Å². The van der Waals surface area contributed by atoms with Crippen molar-refractivity contribution in [2.45, 2.75) is 38.1 Å². The fourth-order valence-corrected chi connectivity index (χ4v) is 6.25. The lowest BCUT2D eigenvalue weighted by atomic mass is 10.1. The standard InChI is InChI=1S/C25H27N3O6S/c1-17-13-21(18(2)28(17)19-5-7-23-24(14-19)34-12-11-33-23)22(29)16-26-15-20(6-8-25(26)30)35(31,32)27-9-3-4-10-27/h5-8,13-15H,3-4,9-12,16H2,1-2H3. The summed E-state index contributed by atoms with van der Waals surface area (Å²) in [6, 6.07) is 9.92. The minimum Gasteiger partial charge on any atom is -0.486 e. The molecule has 0 bridgehead atoms. The molecule has 0 atom stereocenters. The van der Waals surface area contributed by atoms with Gasteiger partial charge in [-0.25, -0.2) is 8.42 Å². The van der Waals surface area contributed by atoms with Crippen LogP contribution in [0.4, 0.5) is 0 Å². The van der Waals surface area contributed by atoms with Gasteiger partial charge in [-0.2, -0.15) is 4.31 Å². The van der Waals surface area contributed by atoms with Gasteiger partial charge in [-0.05, 0) is 51.0 Å². The summed E-state index contributed by atoms with van der Waals surface area (Å²) in [5.41, 5.74) is 2.44. The van der Waals surface area contributed by atoms with Crippen molar-refractivity contribution < 1.29 is 22.7 Å². The van der Waals surface area contributed by atoms with Crippen molar-refractivity contribution in [1.82, 2.24) is 13.4 Å². The molecule has 9 nitrogen and oxygen atoms in total. The molecule has 1 saturated heterocycles. The lowest BCUT2D eigenvalue weighted by Crippen LogP contribution is -2.30. The van der Waals surface area contributed by atoms with Crippen LogP contribution >= 0.6 is 0 Å². The lowest BCUT2D eigenvalue weighted by molar-refractivity contribution is 0.0970. The van der Waals surface area contributed by atoms with Gasteiger partial charge in [0.2, 0.25) is 10.0 Å². The Morgan fingerprint density at radius 3 is 2.43 bits per heavy atom. The van der Waals surface area contributed by atoms with E-state index >= 15 is 0 Å². The molecule has 2 aliphatic heterocycles. The first-order valence-electron chi connectivity index (χ1n) is 11.6. The average molecular weight is 498 g/mol. The van der Waals surface area contributed by atoms with Gasteiger partial charge in [0.05, 0.1) is 11.4 Å². The van der Waals surface area contributed by atoms with Gasteiger partial charge < -0.3 is 18.6 Å². The van der Waals surface area contributed by atoms with E-state index in [0.29, 0.717) is 43.4 Å². The number of sulfonamides is 1. The molecule has 35 heavy (non-hydrogen) atoms. The second-order valence-electron chi connectivity index (χ2n) is 8.81. The minimum absolute atomic E-state index is 0.0218. The molecule has 5 rings (SSSR count). The Morgan fingerprint density at radius 1 is 0.971 bits per heavy atom. The molecular weight excluding hydrogens is 470 g/mol. The van der Waals surface area contributed by atoms with E-state index in [0.717, 1.165) is 29.9 Å². The Kier molecular flexibility index (Phi) is 6.02. The Hall–Kier alpha value is -3.37. The van der Waals surface area contributed by atoms with E-state index in [1.54, 1.807) is 6.07 Å². The summed E-state index contributed by atoms with van der Waals surface area (Å²) in [5, 5.41) is 0. The maximum Gasteiger partial charge on any atom is 0.251 e. The van der Waals surface area contributed by atoms with Gasteiger partial charge in [0.25, 0.3) is 5.56 Å². The third-order valence-corrected chi connectivity index (χ3v) is 8.37. The van der Waals surface area contributed by atoms with Crippen LogP contribution in [-0.2, 0) is 16.6 Å². The van der Waals surface area contributed by atoms with Gasteiger partial charge in [0.1, 0.15) is 13.2 Å². The zero-order chi connectivity index (χ0) is 24.7. The first-order chi connectivity index (χ1) is 16.8. The second-order valence-corrected chi connectivity index (χ2v) is 10.8. The van der Waals surface area contributed by atoms with Crippen LogP contribution in [0.5, 0.6) is 11.5 Å². The van der Waals surface area contributed by atoms with E-state index in [9.17, 15) is 18.0 Å². The first kappa shape index (κ1) is 23.4. The number of aromatic nitrogens is 2. The summed E-state index contributed by atoms with van der Waals surface area (Å²) in [6.07, 6.45) is 2.90. The molecule has 0 aliphatic carbocycles. The van der Waals surface area contributed by atoms with E-state index in [2.05, 4.69) is 0 Å². The van der Waals surface area contributed by atoms with E-state index < -0.39 is 15.6 Å². The number of benzene rings is 1. The van der Waals surface area contributed by atoms with Gasteiger partial charge in [-0.15, -0.1) is 0 Å². The van der Waals surface area contributed by atoms with Crippen molar-refractivity contribution in [3.8, 4) is 17.2 Å². The fraction of sp³-hybridized carbons (Fsp3) is 0.360. The van der Waals surface area contributed by atoms with Gasteiger partial charge in [-0.1, -0.05) is 0 Å². The van der Waals surface area contributed by atoms with Crippen LogP contribution in [0, 0.1) is 13.8 Å². The number of carbonyl (C=O) groups is 1. The largest absolute Gasteiger partial charge is 0.486 e. The Labute approximate surface area is 203 Å². The molecule has 0 radical (unpaired) electrons. The summed E-state index contributed by atoms with van der Waals surface area (Å²) >= 11 is 0. The molecule has 2 aromatic heterocycles. The summed E-state index contributed by atoms with van der Waals surface area (Å²) in [7, 11) is -3.70. The average Bonchev–Trinajstić information content (AvgIpc) is 3.49. The number of ketones is 1. The van der Waals surface area contributed by atoms with Crippen molar-refractivity contribution in [2.75, 3.05) is 26.3 Å². The number of carbonyl (C=O) groups excluding carboxylic acids is 1. The number of hydrogen-bond acceptors (Lipinski definition) is 6. The highest BCUT2D eigenvalue weighted by molar-refractivity contribution is 7.89. The predicted molar refractivity (Wildman–Crippen MR) is 129 cm³/mol. The number of rotatable bonds is 6. The molecule has 0 amide bonds. The van der Waals surface area contributed by atoms with Crippen LogP contribution < -0.4 is 15.0 Å². The van der Waals surface area contributed by atoms with Crippen LogP contribution in [0.1, 0.15) is 34.6 Å². The molecule has 184 valence electrons. The number of pyridine rings is 1. The number of aryl methyl sites for hydroxylation is 1. The van der Waals surface area contributed by atoms with Gasteiger partial charge in [0.15, 0.2) is 17.3 Å². The minimum atomic E-state index is -3.70. The molecule has 10 heteroatoms. The highest BCUT2D eigenvalue weighted by Gasteiger charge is 2.28. The Balaban J connectivity index is 1.44. The molecule has 0 saturated carbocycles. The van der Waals surface area contributed by atoms with Crippen LogP contribution in [0.2, 0.25) is 0 Å².